The standard InChI is InChI=1S/C18H20FNO/c1-4-20(12-15-8-6-5-7-14(15)3)18(21)16-10-9-13(2)11-17(16)19/h5-11H,4,12H2,1-3H3. The van der Waals surface area contributed by atoms with Gasteiger partial charge in [-0.3, -0.25) is 4.79 Å². The van der Waals surface area contributed by atoms with Crippen molar-refractivity contribution in [2.75, 3.05) is 6.54 Å². The Balaban J connectivity index is 2.25. The van der Waals surface area contributed by atoms with Crippen molar-refractivity contribution < 1.29 is 9.18 Å². The lowest BCUT2D eigenvalue weighted by Gasteiger charge is -2.22. The van der Waals surface area contributed by atoms with Gasteiger partial charge >= 0.3 is 0 Å². The van der Waals surface area contributed by atoms with Gasteiger partial charge in [-0.25, -0.2) is 4.39 Å². The number of halogens is 1. The average Bonchev–Trinajstić information content (AvgIpc) is 2.46. The molecule has 0 saturated carbocycles. The molecule has 2 nitrogen and oxygen atoms in total. The summed E-state index contributed by atoms with van der Waals surface area (Å²) < 4.78 is 14.0. The maximum absolute atomic E-state index is 14.0. The van der Waals surface area contributed by atoms with E-state index in [1.807, 2.05) is 45.0 Å². The van der Waals surface area contributed by atoms with Crippen LogP contribution in [-0.2, 0) is 6.54 Å². The van der Waals surface area contributed by atoms with E-state index in [1.54, 1.807) is 17.0 Å². The highest BCUT2D eigenvalue weighted by Gasteiger charge is 2.18. The Kier molecular flexibility index (Phi) is 4.73. The molecule has 1 amide bonds. The van der Waals surface area contributed by atoms with E-state index in [-0.39, 0.29) is 11.5 Å². The number of aryl methyl sites for hydroxylation is 2. The lowest BCUT2D eigenvalue weighted by Crippen LogP contribution is -2.31. The first-order chi connectivity index (χ1) is 10.0. The lowest BCUT2D eigenvalue weighted by atomic mass is 10.1. The minimum atomic E-state index is -0.455. The van der Waals surface area contributed by atoms with Crippen molar-refractivity contribution >= 4 is 5.91 Å². The van der Waals surface area contributed by atoms with Gasteiger partial charge in [0.1, 0.15) is 5.82 Å². The molecule has 2 rings (SSSR count). The Bertz CT molecular complexity index is 651. The van der Waals surface area contributed by atoms with Crippen molar-refractivity contribution in [3.8, 4) is 0 Å². The number of hydrogen-bond acceptors (Lipinski definition) is 1. The van der Waals surface area contributed by atoms with Gasteiger partial charge < -0.3 is 4.90 Å². The smallest absolute Gasteiger partial charge is 0.257 e. The minimum absolute atomic E-state index is 0.135. The number of hydrogen-bond donors (Lipinski definition) is 0. The fraction of sp³-hybridized carbons (Fsp3) is 0.278. The van der Waals surface area contributed by atoms with Crippen LogP contribution in [0.2, 0.25) is 0 Å². The molecular weight excluding hydrogens is 265 g/mol. The van der Waals surface area contributed by atoms with Crippen LogP contribution in [0.1, 0.15) is 34.0 Å². The molecule has 0 aromatic heterocycles. The average molecular weight is 285 g/mol. The Morgan fingerprint density at radius 1 is 1.14 bits per heavy atom. The first-order valence-corrected chi connectivity index (χ1v) is 7.13. The molecule has 0 saturated heterocycles. The van der Waals surface area contributed by atoms with Crippen molar-refractivity contribution in [1.82, 2.24) is 4.90 Å². The molecule has 0 spiro atoms. The summed E-state index contributed by atoms with van der Waals surface area (Å²) in [5, 5.41) is 0. The summed E-state index contributed by atoms with van der Waals surface area (Å²) in [6.45, 7) is 6.76. The molecule has 0 aliphatic carbocycles. The minimum Gasteiger partial charge on any atom is -0.334 e. The second kappa shape index (κ2) is 6.53. The molecular formula is C18H20FNO. The molecule has 3 heteroatoms. The zero-order valence-corrected chi connectivity index (χ0v) is 12.7. The second-order valence-electron chi connectivity index (χ2n) is 5.23. The van der Waals surface area contributed by atoms with Crippen LogP contribution in [0.4, 0.5) is 4.39 Å². The van der Waals surface area contributed by atoms with E-state index in [0.29, 0.717) is 13.1 Å². The van der Waals surface area contributed by atoms with E-state index in [0.717, 1.165) is 16.7 Å². The predicted octanol–water partition coefficient (Wildman–Crippen LogP) is 4.10. The summed E-state index contributed by atoms with van der Waals surface area (Å²) in [4.78, 5) is 14.2. The number of rotatable bonds is 4. The monoisotopic (exact) mass is 285 g/mol. The molecule has 0 unspecified atom stereocenters. The fourth-order valence-electron chi connectivity index (χ4n) is 2.28. The molecule has 2 aromatic rings. The van der Waals surface area contributed by atoms with Gasteiger partial charge in [-0.1, -0.05) is 30.3 Å². The van der Waals surface area contributed by atoms with E-state index in [1.165, 1.54) is 6.07 Å². The van der Waals surface area contributed by atoms with Gasteiger partial charge in [0.25, 0.3) is 5.91 Å². The molecule has 110 valence electrons. The third kappa shape index (κ3) is 3.48. The molecule has 2 aromatic carbocycles. The highest BCUT2D eigenvalue weighted by Crippen LogP contribution is 2.16. The highest BCUT2D eigenvalue weighted by molar-refractivity contribution is 5.94. The highest BCUT2D eigenvalue weighted by atomic mass is 19.1. The van der Waals surface area contributed by atoms with Crippen LogP contribution in [-0.4, -0.2) is 17.4 Å². The number of benzene rings is 2. The van der Waals surface area contributed by atoms with Crippen LogP contribution < -0.4 is 0 Å². The normalized spacial score (nSPS) is 10.5. The van der Waals surface area contributed by atoms with Crippen LogP contribution >= 0.6 is 0 Å². The van der Waals surface area contributed by atoms with Gasteiger partial charge in [0, 0.05) is 13.1 Å². The molecule has 0 aliphatic heterocycles. The van der Waals surface area contributed by atoms with Crippen molar-refractivity contribution in [3.63, 3.8) is 0 Å². The van der Waals surface area contributed by atoms with Gasteiger partial charge in [-0.2, -0.15) is 0 Å². The molecule has 0 atom stereocenters. The molecule has 21 heavy (non-hydrogen) atoms. The summed E-state index contributed by atoms with van der Waals surface area (Å²) in [6, 6.07) is 12.7. The van der Waals surface area contributed by atoms with Gasteiger partial charge in [-0.05, 0) is 49.6 Å². The largest absolute Gasteiger partial charge is 0.334 e. The quantitative estimate of drug-likeness (QED) is 0.828. The van der Waals surface area contributed by atoms with Gasteiger partial charge in [0.05, 0.1) is 5.56 Å². The topological polar surface area (TPSA) is 20.3 Å². The second-order valence-corrected chi connectivity index (χ2v) is 5.23. The Labute approximate surface area is 125 Å². The SMILES string of the molecule is CCN(Cc1ccccc1C)C(=O)c1ccc(C)cc1F. The molecule has 0 bridgehead atoms. The van der Waals surface area contributed by atoms with Crippen molar-refractivity contribution in [1.29, 1.82) is 0 Å². The van der Waals surface area contributed by atoms with Gasteiger partial charge in [0.2, 0.25) is 0 Å². The van der Waals surface area contributed by atoms with Gasteiger partial charge in [-0.15, -0.1) is 0 Å². The van der Waals surface area contributed by atoms with Crippen LogP contribution in [0, 0.1) is 19.7 Å². The summed E-state index contributed by atoms with van der Waals surface area (Å²) in [6.07, 6.45) is 0. The molecule has 0 heterocycles. The first-order valence-electron chi connectivity index (χ1n) is 7.13. The van der Waals surface area contributed by atoms with Crippen molar-refractivity contribution in [2.24, 2.45) is 0 Å². The molecule has 0 fully saturated rings. The summed E-state index contributed by atoms with van der Waals surface area (Å²) in [7, 11) is 0. The maximum atomic E-state index is 14.0. The van der Waals surface area contributed by atoms with E-state index in [4.69, 9.17) is 0 Å². The van der Waals surface area contributed by atoms with Crippen LogP contribution in [0.25, 0.3) is 0 Å². The summed E-state index contributed by atoms with van der Waals surface area (Å²) >= 11 is 0. The number of nitrogens with zero attached hydrogens (tertiary/aromatic N) is 1. The van der Waals surface area contributed by atoms with E-state index in [2.05, 4.69) is 0 Å². The third-order valence-electron chi connectivity index (χ3n) is 3.65. The molecule has 0 aliphatic rings. The lowest BCUT2D eigenvalue weighted by molar-refractivity contribution is 0.0747. The molecule has 0 N–H and O–H groups in total. The first kappa shape index (κ1) is 15.2. The zero-order valence-electron chi connectivity index (χ0n) is 12.7. The van der Waals surface area contributed by atoms with Crippen LogP contribution in [0.3, 0.4) is 0 Å². The van der Waals surface area contributed by atoms with E-state index >= 15 is 0 Å². The van der Waals surface area contributed by atoms with Gasteiger partial charge in [0.15, 0.2) is 0 Å². The van der Waals surface area contributed by atoms with Crippen molar-refractivity contribution in [2.45, 2.75) is 27.3 Å². The molecule has 0 radical (unpaired) electrons. The number of carbonyl (C=O) groups is 1. The zero-order chi connectivity index (χ0) is 15.4. The van der Waals surface area contributed by atoms with Crippen LogP contribution in [0.15, 0.2) is 42.5 Å². The Hall–Kier alpha value is -2.16. The fourth-order valence-corrected chi connectivity index (χ4v) is 2.28. The Morgan fingerprint density at radius 3 is 2.48 bits per heavy atom. The van der Waals surface area contributed by atoms with Crippen molar-refractivity contribution in [3.05, 3.63) is 70.5 Å². The Morgan fingerprint density at radius 2 is 1.86 bits per heavy atom. The third-order valence-corrected chi connectivity index (χ3v) is 3.65. The predicted molar refractivity (Wildman–Crippen MR) is 82.7 cm³/mol. The summed E-state index contributed by atoms with van der Waals surface area (Å²) in [5.74, 6) is -0.721. The van der Waals surface area contributed by atoms with Crippen LogP contribution in [0.5, 0.6) is 0 Å². The van der Waals surface area contributed by atoms with E-state index < -0.39 is 5.82 Å². The maximum Gasteiger partial charge on any atom is 0.257 e. The summed E-state index contributed by atoms with van der Waals surface area (Å²) in [5.41, 5.74) is 3.16. The number of carbonyl (C=O) groups excluding carboxylic acids is 1. The number of amides is 1. The van der Waals surface area contributed by atoms with E-state index in [9.17, 15) is 9.18 Å².